The Kier molecular flexibility index (Phi) is 4.24. The maximum atomic E-state index is 13.2. The van der Waals surface area contributed by atoms with Crippen molar-refractivity contribution in [3.63, 3.8) is 0 Å². The molecule has 0 aliphatic heterocycles. The van der Waals surface area contributed by atoms with Crippen LogP contribution in [-0.4, -0.2) is 11.4 Å². The van der Waals surface area contributed by atoms with Crippen LogP contribution >= 0.6 is 15.9 Å². The van der Waals surface area contributed by atoms with Crippen LogP contribution in [0.5, 0.6) is 0 Å². The zero-order valence-electron chi connectivity index (χ0n) is 9.55. The van der Waals surface area contributed by atoms with E-state index in [0.717, 1.165) is 6.07 Å². The van der Waals surface area contributed by atoms with Crippen LogP contribution in [0.15, 0.2) is 22.7 Å². The molecule has 1 aromatic carbocycles. The monoisotopic (exact) mass is 298 g/mol. The summed E-state index contributed by atoms with van der Waals surface area (Å²) < 4.78 is 13.5. The lowest BCUT2D eigenvalue weighted by Gasteiger charge is -2.21. The van der Waals surface area contributed by atoms with Crippen molar-refractivity contribution in [2.24, 2.45) is 0 Å². The zero-order valence-corrected chi connectivity index (χ0v) is 11.1. The third-order valence-corrected chi connectivity index (χ3v) is 3.17. The fourth-order valence-electron chi connectivity index (χ4n) is 1.16. The van der Waals surface area contributed by atoms with Gasteiger partial charge in [-0.05, 0) is 47.5 Å². The number of rotatable bonds is 3. The van der Waals surface area contributed by atoms with E-state index >= 15 is 0 Å². The highest BCUT2D eigenvalue weighted by Gasteiger charge is 2.24. The number of nitriles is 1. The molecule has 1 unspecified atom stereocenters. The molecule has 0 bridgehead atoms. The van der Waals surface area contributed by atoms with Crippen molar-refractivity contribution in [3.05, 3.63) is 34.1 Å². The van der Waals surface area contributed by atoms with Gasteiger partial charge in [0, 0.05) is 5.56 Å². The van der Waals surface area contributed by atoms with Crippen molar-refractivity contribution >= 4 is 21.8 Å². The molecule has 1 rings (SSSR count). The van der Waals surface area contributed by atoms with E-state index < -0.39 is 17.3 Å². The number of nitrogens with one attached hydrogen (secondary N) is 1. The lowest BCUT2D eigenvalue weighted by molar-refractivity contribution is 0.0922. The highest BCUT2D eigenvalue weighted by molar-refractivity contribution is 9.10. The number of carbonyl (C=O) groups excluding carboxylic acids is 1. The van der Waals surface area contributed by atoms with Crippen LogP contribution in [0.3, 0.4) is 0 Å². The van der Waals surface area contributed by atoms with Crippen molar-refractivity contribution in [1.82, 2.24) is 5.32 Å². The summed E-state index contributed by atoms with van der Waals surface area (Å²) in [6.45, 7) is 3.42. The SMILES string of the molecule is CCC(C)(C#N)NC(=O)c1ccc(Br)c(F)c1. The quantitative estimate of drug-likeness (QED) is 0.932. The van der Waals surface area contributed by atoms with Crippen molar-refractivity contribution in [2.75, 3.05) is 0 Å². The van der Waals surface area contributed by atoms with Gasteiger partial charge in [-0.1, -0.05) is 6.92 Å². The first-order chi connectivity index (χ1) is 7.91. The fraction of sp³-hybridized carbons (Fsp3) is 0.333. The van der Waals surface area contributed by atoms with E-state index in [4.69, 9.17) is 5.26 Å². The maximum absolute atomic E-state index is 13.2. The van der Waals surface area contributed by atoms with Gasteiger partial charge < -0.3 is 5.32 Å². The standard InChI is InChI=1S/C12H12BrFN2O/c1-3-12(2,7-15)16-11(17)8-4-5-9(13)10(14)6-8/h4-6H,3H2,1-2H3,(H,16,17). The van der Waals surface area contributed by atoms with Gasteiger partial charge in [-0.2, -0.15) is 5.26 Å². The van der Waals surface area contributed by atoms with Gasteiger partial charge in [0.25, 0.3) is 5.91 Å². The molecule has 0 heterocycles. The van der Waals surface area contributed by atoms with Crippen molar-refractivity contribution < 1.29 is 9.18 Å². The number of hydrogen-bond acceptors (Lipinski definition) is 2. The summed E-state index contributed by atoms with van der Waals surface area (Å²) in [5.74, 6) is -0.963. The smallest absolute Gasteiger partial charge is 0.252 e. The lowest BCUT2D eigenvalue weighted by atomic mass is 10.0. The van der Waals surface area contributed by atoms with E-state index in [2.05, 4.69) is 21.2 Å². The summed E-state index contributed by atoms with van der Waals surface area (Å²) >= 11 is 3.01. The first-order valence-electron chi connectivity index (χ1n) is 5.10. The summed E-state index contributed by atoms with van der Waals surface area (Å²) in [5.41, 5.74) is -0.735. The number of nitrogens with zero attached hydrogens (tertiary/aromatic N) is 1. The highest BCUT2D eigenvalue weighted by Crippen LogP contribution is 2.17. The molecule has 0 saturated carbocycles. The second kappa shape index (κ2) is 5.28. The number of hydrogen-bond donors (Lipinski definition) is 1. The van der Waals surface area contributed by atoms with Crippen LogP contribution < -0.4 is 5.32 Å². The van der Waals surface area contributed by atoms with Crippen molar-refractivity contribution in [2.45, 2.75) is 25.8 Å². The number of amides is 1. The molecule has 0 aliphatic carbocycles. The molecular weight excluding hydrogens is 287 g/mol. The minimum atomic E-state index is -0.930. The molecule has 1 N–H and O–H groups in total. The number of halogens is 2. The normalized spacial score (nSPS) is 13.6. The maximum Gasteiger partial charge on any atom is 0.252 e. The molecule has 1 aromatic rings. The second-order valence-electron chi connectivity index (χ2n) is 3.88. The third-order valence-electron chi connectivity index (χ3n) is 2.53. The van der Waals surface area contributed by atoms with E-state index in [1.807, 2.05) is 6.07 Å². The Balaban J connectivity index is 2.91. The lowest BCUT2D eigenvalue weighted by Crippen LogP contribution is -2.44. The Hall–Kier alpha value is -1.41. The van der Waals surface area contributed by atoms with Gasteiger partial charge in [-0.3, -0.25) is 4.79 Å². The minimum absolute atomic E-state index is 0.195. The van der Waals surface area contributed by atoms with E-state index in [-0.39, 0.29) is 5.56 Å². The topological polar surface area (TPSA) is 52.9 Å². The van der Waals surface area contributed by atoms with E-state index in [9.17, 15) is 9.18 Å². The Bertz CT molecular complexity index is 484. The average molecular weight is 299 g/mol. The van der Waals surface area contributed by atoms with Crippen LogP contribution in [0.4, 0.5) is 4.39 Å². The number of carbonyl (C=O) groups is 1. The van der Waals surface area contributed by atoms with Gasteiger partial charge in [0.15, 0.2) is 0 Å². The summed E-state index contributed by atoms with van der Waals surface area (Å²) in [6.07, 6.45) is 0.480. The summed E-state index contributed by atoms with van der Waals surface area (Å²) in [4.78, 5) is 11.8. The molecule has 90 valence electrons. The van der Waals surface area contributed by atoms with Gasteiger partial charge in [-0.25, -0.2) is 4.39 Å². The summed E-state index contributed by atoms with van der Waals surface area (Å²) in [7, 11) is 0. The van der Waals surface area contributed by atoms with E-state index in [0.29, 0.717) is 10.9 Å². The molecule has 0 spiro atoms. The average Bonchev–Trinajstić information content (AvgIpc) is 2.32. The molecule has 0 fully saturated rings. The number of benzene rings is 1. The van der Waals surface area contributed by atoms with E-state index in [1.165, 1.54) is 12.1 Å². The van der Waals surface area contributed by atoms with Crippen molar-refractivity contribution in [3.8, 4) is 6.07 Å². The molecule has 1 atom stereocenters. The molecule has 1 amide bonds. The van der Waals surface area contributed by atoms with Crippen molar-refractivity contribution in [1.29, 1.82) is 5.26 Å². The second-order valence-corrected chi connectivity index (χ2v) is 4.73. The van der Waals surface area contributed by atoms with Gasteiger partial charge >= 0.3 is 0 Å². The molecule has 3 nitrogen and oxygen atoms in total. The molecule has 17 heavy (non-hydrogen) atoms. The Labute approximate surface area is 108 Å². The fourth-order valence-corrected chi connectivity index (χ4v) is 1.40. The molecule has 0 radical (unpaired) electrons. The molecule has 0 aromatic heterocycles. The van der Waals surface area contributed by atoms with Gasteiger partial charge in [0.05, 0.1) is 10.5 Å². The van der Waals surface area contributed by atoms with Crippen LogP contribution in [-0.2, 0) is 0 Å². The van der Waals surface area contributed by atoms with Crippen LogP contribution in [0.1, 0.15) is 30.6 Å². The van der Waals surface area contributed by atoms with E-state index in [1.54, 1.807) is 13.8 Å². The largest absolute Gasteiger partial charge is 0.334 e. The third kappa shape index (κ3) is 3.27. The van der Waals surface area contributed by atoms with Gasteiger partial charge in [0.1, 0.15) is 11.4 Å². The molecular formula is C12H12BrFN2O. The Morgan fingerprint density at radius 2 is 2.29 bits per heavy atom. The molecule has 0 saturated heterocycles. The van der Waals surface area contributed by atoms with Gasteiger partial charge in [0.2, 0.25) is 0 Å². The predicted molar refractivity (Wildman–Crippen MR) is 65.9 cm³/mol. The predicted octanol–water partition coefficient (Wildman–Crippen LogP) is 3.01. The van der Waals surface area contributed by atoms with Crippen LogP contribution in [0.2, 0.25) is 0 Å². The first-order valence-corrected chi connectivity index (χ1v) is 5.90. The summed E-state index contributed by atoms with van der Waals surface area (Å²) in [6, 6.07) is 6.11. The molecule has 0 aliphatic rings. The first kappa shape index (κ1) is 13.7. The Morgan fingerprint density at radius 1 is 1.65 bits per heavy atom. The van der Waals surface area contributed by atoms with Gasteiger partial charge in [-0.15, -0.1) is 0 Å². The van der Waals surface area contributed by atoms with Crippen LogP contribution in [0.25, 0.3) is 0 Å². The zero-order chi connectivity index (χ0) is 13.1. The Morgan fingerprint density at radius 3 is 2.76 bits per heavy atom. The molecule has 5 heteroatoms. The summed E-state index contributed by atoms with van der Waals surface area (Å²) in [5, 5.41) is 11.5. The minimum Gasteiger partial charge on any atom is -0.334 e. The van der Waals surface area contributed by atoms with Crippen LogP contribution in [0, 0.1) is 17.1 Å². The highest BCUT2D eigenvalue weighted by atomic mass is 79.9.